The maximum Gasteiger partial charge on any atom is 0.407 e. The Morgan fingerprint density at radius 1 is 1.12 bits per heavy atom. The van der Waals surface area contributed by atoms with E-state index < -0.39 is 12.8 Å². The summed E-state index contributed by atoms with van der Waals surface area (Å²) >= 11 is 14.0. The summed E-state index contributed by atoms with van der Waals surface area (Å²) in [6.07, 6.45) is 2.50. The topological polar surface area (TPSA) is 108 Å². The van der Waals surface area contributed by atoms with Crippen LogP contribution in [0, 0.1) is 5.82 Å². The number of alkyl halides is 1. The molecule has 4 heterocycles. The molecule has 1 atom stereocenters. The van der Waals surface area contributed by atoms with Gasteiger partial charge in [0.2, 0.25) is 11.8 Å². The molecule has 2 aliphatic rings. The van der Waals surface area contributed by atoms with E-state index in [4.69, 9.17) is 27.9 Å². The fraction of sp³-hybridized carbons (Fsp3) is 0.333. The number of hydrogen-bond donors (Lipinski definition) is 2. The van der Waals surface area contributed by atoms with E-state index in [1.165, 1.54) is 18.1 Å². The second-order valence-electron chi connectivity index (χ2n) is 12.2. The summed E-state index contributed by atoms with van der Waals surface area (Å²) < 4.78 is 33.7. The van der Waals surface area contributed by atoms with Crippen LogP contribution >= 0.6 is 23.2 Å². The van der Waals surface area contributed by atoms with Crippen molar-refractivity contribution < 1.29 is 28.2 Å². The maximum atomic E-state index is 15.4. The number of pyridine rings is 2. The van der Waals surface area contributed by atoms with Crippen LogP contribution in [0.1, 0.15) is 36.0 Å². The number of carbonyl (C=O) groups is 2. The lowest BCUT2D eigenvalue weighted by Crippen LogP contribution is -2.41. The molecule has 1 saturated heterocycles. The lowest BCUT2D eigenvalue weighted by Gasteiger charge is -2.29. The summed E-state index contributed by atoms with van der Waals surface area (Å²) in [6, 6.07) is 13.8. The minimum atomic E-state index is -1.12. The van der Waals surface area contributed by atoms with Crippen molar-refractivity contribution in [3.05, 3.63) is 87.3 Å². The summed E-state index contributed by atoms with van der Waals surface area (Å²) in [4.78, 5) is 36.1. The smallest absolute Gasteiger partial charge is 0.407 e. The zero-order valence-corrected chi connectivity index (χ0v) is 28.3. The highest BCUT2D eigenvalue weighted by Crippen LogP contribution is 2.42. The molecule has 2 aromatic heterocycles. The van der Waals surface area contributed by atoms with Crippen LogP contribution in [-0.2, 0) is 24.3 Å². The molecule has 9 nitrogen and oxygen atoms in total. The second kappa shape index (κ2) is 15.1. The van der Waals surface area contributed by atoms with Crippen molar-refractivity contribution in [1.82, 2.24) is 25.1 Å². The number of carbonyl (C=O) groups excluding carboxylic acids is 1. The van der Waals surface area contributed by atoms with Gasteiger partial charge in [0.1, 0.15) is 5.82 Å². The fourth-order valence-corrected chi connectivity index (χ4v) is 7.14. The Morgan fingerprint density at radius 2 is 1.92 bits per heavy atom. The number of aromatic nitrogens is 2. The van der Waals surface area contributed by atoms with Gasteiger partial charge >= 0.3 is 6.09 Å². The van der Waals surface area contributed by atoms with E-state index in [0.29, 0.717) is 93.6 Å². The Labute approximate surface area is 292 Å². The van der Waals surface area contributed by atoms with Crippen LogP contribution in [0.15, 0.2) is 54.7 Å². The number of rotatable bonds is 11. The first-order chi connectivity index (χ1) is 23.7. The quantitative estimate of drug-likeness (QED) is 0.167. The van der Waals surface area contributed by atoms with Gasteiger partial charge in [-0.1, -0.05) is 41.4 Å². The van der Waals surface area contributed by atoms with Crippen molar-refractivity contribution in [2.75, 3.05) is 33.4 Å². The van der Waals surface area contributed by atoms with Crippen LogP contribution in [0.4, 0.5) is 13.6 Å². The first-order valence-electron chi connectivity index (χ1n) is 16.0. The Hall–Kier alpha value is -4.32. The van der Waals surface area contributed by atoms with E-state index in [9.17, 15) is 19.1 Å². The fourth-order valence-electron chi connectivity index (χ4n) is 6.49. The Bertz CT molecular complexity index is 1890. The van der Waals surface area contributed by atoms with Gasteiger partial charge in [-0.15, -0.1) is 0 Å². The normalized spacial score (nSPS) is 15.9. The third-order valence-electron chi connectivity index (χ3n) is 8.99. The summed E-state index contributed by atoms with van der Waals surface area (Å²) in [5.41, 5.74) is 5.35. The van der Waals surface area contributed by atoms with E-state index in [1.807, 2.05) is 24.3 Å². The monoisotopic (exact) mass is 709 g/mol. The molecule has 256 valence electrons. The Morgan fingerprint density at radius 3 is 2.65 bits per heavy atom. The highest BCUT2D eigenvalue weighted by Gasteiger charge is 2.27. The summed E-state index contributed by atoms with van der Waals surface area (Å²) in [6.45, 7) is 1.51. The third kappa shape index (κ3) is 7.49. The Kier molecular flexibility index (Phi) is 10.6. The predicted molar refractivity (Wildman–Crippen MR) is 184 cm³/mol. The molecule has 2 N–H and O–H groups in total. The lowest BCUT2D eigenvalue weighted by molar-refractivity contribution is -0.119. The zero-order chi connectivity index (χ0) is 34.7. The molecule has 2 amide bonds. The van der Waals surface area contributed by atoms with Crippen molar-refractivity contribution >= 4 is 35.2 Å². The number of halogens is 4. The van der Waals surface area contributed by atoms with Gasteiger partial charge < -0.3 is 20.1 Å². The molecule has 4 aromatic rings. The zero-order valence-electron chi connectivity index (χ0n) is 26.8. The number of ether oxygens (including phenoxy) is 1. The molecule has 0 spiro atoms. The molecular formula is C36H35Cl2F2N5O4. The van der Waals surface area contributed by atoms with Crippen molar-refractivity contribution in [3.8, 4) is 39.5 Å². The highest BCUT2D eigenvalue weighted by molar-refractivity contribution is 6.39. The first-order valence-corrected chi connectivity index (χ1v) is 16.8. The largest absolute Gasteiger partial charge is 0.481 e. The first kappa shape index (κ1) is 34.5. The summed E-state index contributed by atoms with van der Waals surface area (Å²) in [5.74, 6) is -0.194. The van der Waals surface area contributed by atoms with E-state index in [0.717, 1.165) is 12.1 Å². The van der Waals surface area contributed by atoms with E-state index in [-0.39, 0.29) is 36.7 Å². The third-order valence-corrected chi connectivity index (χ3v) is 9.78. The van der Waals surface area contributed by atoms with Crippen LogP contribution in [0.3, 0.4) is 0 Å². The van der Waals surface area contributed by atoms with Gasteiger partial charge in [-0.05, 0) is 55.2 Å². The number of nitrogens with zero attached hydrogens (tertiary/aromatic N) is 4. The maximum absolute atomic E-state index is 15.4. The lowest BCUT2D eigenvalue weighted by atomic mass is 9.94. The standard InChI is InChI=1S/C36H35Cl2F2N5O4/c1-49-35-22(18-45(36(47)48)19-24-7-9-31(46)42-24)6-8-30(43-35)27-5-2-4-25(32(27)37)26-10-13-41-34(33(26)38)23-16-21-11-15-44(14-3-12-39)20-28(21)29(40)17-23/h2,4-6,8,10,13,16-17,24H,3,7,9,11-12,14-15,18-20H2,1H3,(H,42,46)(H,47,48). The number of fused-ring (bicyclic) bond motifs is 1. The van der Waals surface area contributed by atoms with Crippen LogP contribution in [-0.4, -0.2) is 76.3 Å². The van der Waals surface area contributed by atoms with Crippen LogP contribution in [0.5, 0.6) is 5.88 Å². The van der Waals surface area contributed by atoms with Gasteiger partial charge in [-0.2, -0.15) is 0 Å². The molecule has 0 aliphatic carbocycles. The van der Waals surface area contributed by atoms with Crippen molar-refractivity contribution in [1.29, 1.82) is 0 Å². The number of methoxy groups -OCH3 is 1. The van der Waals surface area contributed by atoms with Crippen molar-refractivity contribution in [2.45, 2.75) is 44.8 Å². The molecule has 1 fully saturated rings. The van der Waals surface area contributed by atoms with Crippen LogP contribution in [0.2, 0.25) is 10.0 Å². The van der Waals surface area contributed by atoms with Crippen molar-refractivity contribution in [3.63, 3.8) is 0 Å². The minimum Gasteiger partial charge on any atom is -0.481 e. The molecular weight excluding hydrogens is 675 g/mol. The van der Waals surface area contributed by atoms with Crippen LogP contribution < -0.4 is 10.1 Å². The van der Waals surface area contributed by atoms with Gasteiger partial charge in [-0.25, -0.2) is 14.2 Å². The number of nitrogens with one attached hydrogen (secondary N) is 1. The van der Waals surface area contributed by atoms with Gasteiger partial charge in [-0.3, -0.25) is 19.1 Å². The van der Waals surface area contributed by atoms with E-state index >= 15 is 4.39 Å². The number of hydrogen-bond acceptors (Lipinski definition) is 6. The average molecular weight is 711 g/mol. The van der Waals surface area contributed by atoms with Crippen LogP contribution in [0.25, 0.3) is 33.6 Å². The SMILES string of the molecule is COc1nc(-c2cccc(-c3ccnc(-c4cc(F)c5c(c4)CCN(CCCF)C5)c3Cl)c2Cl)ccc1CN(CC1CCC(=O)N1)C(=O)O. The number of carboxylic acid groups (broad SMARTS) is 1. The van der Waals surface area contributed by atoms with Gasteiger partial charge in [0.15, 0.2) is 0 Å². The molecule has 0 saturated carbocycles. The predicted octanol–water partition coefficient (Wildman–Crippen LogP) is 7.41. The Balaban J connectivity index is 1.28. The second-order valence-corrected chi connectivity index (χ2v) is 12.9. The van der Waals surface area contributed by atoms with Gasteiger partial charge in [0.25, 0.3) is 0 Å². The van der Waals surface area contributed by atoms with Gasteiger partial charge in [0, 0.05) is 78.2 Å². The van der Waals surface area contributed by atoms with Gasteiger partial charge in [0.05, 0.1) is 41.8 Å². The summed E-state index contributed by atoms with van der Waals surface area (Å²) in [5, 5.41) is 13.3. The molecule has 0 bridgehead atoms. The molecule has 6 rings (SSSR count). The molecule has 2 aliphatic heterocycles. The molecule has 13 heteroatoms. The molecule has 1 unspecified atom stereocenters. The molecule has 2 aromatic carbocycles. The summed E-state index contributed by atoms with van der Waals surface area (Å²) in [7, 11) is 1.46. The van der Waals surface area contributed by atoms with E-state index in [2.05, 4.69) is 20.2 Å². The number of amides is 2. The van der Waals surface area contributed by atoms with Crippen molar-refractivity contribution in [2.24, 2.45) is 0 Å². The highest BCUT2D eigenvalue weighted by atomic mass is 35.5. The minimum absolute atomic E-state index is 0.0159. The molecule has 49 heavy (non-hydrogen) atoms. The van der Waals surface area contributed by atoms with E-state index in [1.54, 1.807) is 24.4 Å². The number of benzene rings is 2. The average Bonchev–Trinajstić information content (AvgIpc) is 3.51. The molecule has 0 radical (unpaired) electrons.